The second-order valence-electron chi connectivity index (χ2n) is 4.06. The summed E-state index contributed by atoms with van der Waals surface area (Å²) in [5.74, 6) is -0.0685. The van der Waals surface area contributed by atoms with Gasteiger partial charge in [-0.25, -0.2) is 4.98 Å². The van der Waals surface area contributed by atoms with Gasteiger partial charge in [0.05, 0.1) is 11.1 Å². The molecular weight excluding hydrogens is 308 g/mol. The van der Waals surface area contributed by atoms with Gasteiger partial charge in [-0.05, 0) is 34.1 Å². The van der Waals surface area contributed by atoms with Crippen LogP contribution in [0.5, 0.6) is 5.75 Å². The molecule has 0 atom stereocenters. The van der Waals surface area contributed by atoms with Gasteiger partial charge < -0.3 is 5.11 Å². The topological polar surface area (TPSA) is 55.1 Å². The first-order valence-electron chi connectivity index (χ1n) is 5.62. The number of hydrogen-bond donors (Lipinski definition) is 1. The predicted octanol–water partition coefficient (Wildman–Crippen LogP) is 2.85. The number of fused-ring (bicyclic) bond motifs is 1. The van der Waals surface area contributed by atoms with E-state index >= 15 is 0 Å². The van der Waals surface area contributed by atoms with Gasteiger partial charge in [0.25, 0.3) is 5.56 Å². The Hall–Kier alpha value is -2.14. The number of pyridine rings is 2. The minimum absolute atomic E-state index is 0.0685. The standard InChI is InChI=1S/C14H9BrN2O2/c15-9-6-11-12(18)7-13(19)17(14(11)16-8-9)10-4-2-1-3-5-10/h1-8,18H. The van der Waals surface area contributed by atoms with Crippen molar-refractivity contribution in [3.05, 3.63) is 63.5 Å². The molecule has 0 spiro atoms. The third-order valence-corrected chi connectivity index (χ3v) is 3.25. The van der Waals surface area contributed by atoms with Crippen molar-refractivity contribution in [3.8, 4) is 11.4 Å². The number of benzene rings is 1. The normalized spacial score (nSPS) is 10.8. The van der Waals surface area contributed by atoms with Crippen molar-refractivity contribution in [1.82, 2.24) is 9.55 Å². The van der Waals surface area contributed by atoms with Crippen molar-refractivity contribution >= 4 is 27.0 Å². The lowest BCUT2D eigenvalue weighted by Crippen LogP contribution is -2.18. The minimum atomic E-state index is -0.314. The Kier molecular flexibility index (Phi) is 2.83. The molecule has 0 radical (unpaired) electrons. The lowest BCUT2D eigenvalue weighted by Gasteiger charge is -2.10. The van der Waals surface area contributed by atoms with Gasteiger partial charge in [0.2, 0.25) is 0 Å². The van der Waals surface area contributed by atoms with Crippen molar-refractivity contribution < 1.29 is 5.11 Å². The molecule has 0 aliphatic carbocycles. The van der Waals surface area contributed by atoms with Crippen LogP contribution in [0.2, 0.25) is 0 Å². The average Bonchev–Trinajstić information content (AvgIpc) is 2.41. The Morgan fingerprint density at radius 1 is 1.16 bits per heavy atom. The zero-order chi connectivity index (χ0) is 13.4. The van der Waals surface area contributed by atoms with E-state index in [0.717, 1.165) is 4.47 Å². The van der Waals surface area contributed by atoms with E-state index in [1.54, 1.807) is 12.3 Å². The van der Waals surface area contributed by atoms with Crippen molar-refractivity contribution in [2.45, 2.75) is 0 Å². The summed E-state index contributed by atoms with van der Waals surface area (Å²) in [5.41, 5.74) is 0.831. The fraction of sp³-hybridized carbons (Fsp3) is 0. The molecule has 2 aromatic heterocycles. The number of hydrogen-bond acceptors (Lipinski definition) is 3. The van der Waals surface area contributed by atoms with E-state index in [-0.39, 0.29) is 11.3 Å². The summed E-state index contributed by atoms with van der Waals surface area (Å²) in [7, 11) is 0. The summed E-state index contributed by atoms with van der Waals surface area (Å²) >= 11 is 3.30. The zero-order valence-corrected chi connectivity index (χ0v) is 11.3. The molecule has 0 amide bonds. The van der Waals surface area contributed by atoms with Gasteiger partial charge in [-0.1, -0.05) is 18.2 Å². The van der Waals surface area contributed by atoms with Gasteiger partial charge in [-0.2, -0.15) is 0 Å². The molecule has 94 valence electrons. The Labute approximate surface area is 117 Å². The van der Waals surface area contributed by atoms with Gasteiger partial charge in [-0.3, -0.25) is 9.36 Å². The smallest absolute Gasteiger partial charge is 0.260 e. The van der Waals surface area contributed by atoms with E-state index in [1.807, 2.05) is 30.3 Å². The number of rotatable bonds is 1. The summed E-state index contributed by atoms with van der Waals surface area (Å²) in [6.45, 7) is 0. The number of aromatic nitrogens is 2. The maximum Gasteiger partial charge on any atom is 0.260 e. The molecule has 5 heteroatoms. The maximum atomic E-state index is 12.1. The monoisotopic (exact) mass is 316 g/mol. The Balaban J connectivity index is 2.46. The number of aromatic hydroxyl groups is 1. The molecule has 2 heterocycles. The first-order valence-corrected chi connectivity index (χ1v) is 6.42. The van der Waals surface area contributed by atoms with Crippen molar-refractivity contribution in [2.24, 2.45) is 0 Å². The van der Waals surface area contributed by atoms with Crippen LogP contribution >= 0.6 is 15.9 Å². The van der Waals surface area contributed by atoms with Crippen LogP contribution in [0, 0.1) is 0 Å². The highest BCUT2D eigenvalue weighted by atomic mass is 79.9. The van der Waals surface area contributed by atoms with Crippen LogP contribution in [-0.4, -0.2) is 14.7 Å². The molecule has 1 N–H and O–H groups in total. The highest BCUT2D eigenvalue weighted by Gasteiger charge is 2.11. The fourth-order valence-electron chi connectivity index (χ4n) is 1.99. The first kappa shape index (κ1) is 11.9. The molecule has 1 aromatic carbocycles. The highest BCUT2D eigenvalue weighted by Crippen LogP contribution is 2.25. The Morgan fingerprint density at radius 2 is 1.89 bits per heavy atom. The van der Waals surface area contributed by atoms with Crippen LogP contribution in [0.1, 0.15) is 0 Å². The first-order chi connectivity index (χ1) is 9.16. The van der Waals surface area contributed by atoms with E-state index < -0.39 is 0 Å². The van der Waals surface area contributed by atoms with Gasteiger partial charge in [0.15, 0.2) is 5.65 Å². The summed E-state index contributed by atoms with van der Waals surface area (Å²) in [6, 6.07) is 12.1. The third kappa shape index (κ3) is 2.02. The second kappa shape index (κ2) is 4.51. The fourth-order valence-corrected chi connectivity index (χ4v) is 2.32. The predicted molar refractivity (Wildman–Crippen MR) is 76.7 cm³/mol. The summed E-state index contributed by atoms with van der Waals surface area (Å²) in [6.07, 6.45) is 1.60. The average molecular weight is 317 g/mol. The van der Waals surface area contributed by atoms with Crippen molar-refractivity contribution in [3.63, 3.8) is 0 Å². The largest absolute Gasteiger partial charge is 0.507 e. The maximum absolute atomic E-state index is 12.1. The van der Waals surface area contributed by atoms with Gasteiger partial charge in [-0.15, -0.1) is 0 Å². The number of para-hydroxylation sites is 1. The Bertz CT molecular complexity index is 813. The highest BCUT2D eigenvalue weighted by molar-refractivity contribution is 9.10. The van der Waals surface area contributed by atoms with E-state index in [4.69, 9.17) is 0 Å². The molecule has 0 aliphatic rings. The van der Waals surface area contributed by atoms with Crippen LogP contribution in [0.15, 0.2) is 57.9 Å². The quantitative estimate of drug-likeness (QED) is 0.751. The SMILES string of the molecule is O=c1cc(O)c2cc(Br)cnc2n1-c1ccccc1. The van der Waals surface area contributed by atoms with Crippen LogP contribution in [-0.2, 0) is 0 Å². The zero-order valence-electron chi connectivity index (χ0n) is 9.75. The van der Waals surface area contributed by atoms with E-state index in [2.05, 4.69) is 20.9 Å². The number of halogens is 1. The van der Waals surface area contributed by atoms with Gasteiger partial charge in [0.1, 0.15) is 5.75 Å². The molecule has 0 unspecified atom stereocenters. The van der Waals surface area contributed by atoms with E-state index in [1.165, 1.54) is 10.6 Å². The van der Waals surface area contributed by atoms with Gasteiger partial charge >= 0.3 is 0 Å². The molecule has 19 heavy (non-hydrogen) atoms. The summed E-state index contributed by atoms with van der Waals surface area (Å²) in [4.78, 5) is 16.3. The molecule has 0 fully saturated rings. The molecule has 0 aliphatic heterocycles. The number of nitrogens with zero attached hydrogens (tertiary/aromatic N) is 2. The van der Waals surface area contributed by atoms with Crippen molar-refractivity contribution in [2.75, 3.05) is 0 Å². The van der Waals surface area contributed by atoms with Gasteiger partial charge in [0, 0.05) is 16.7 Å². The summed E-state index contributed by atoms with van der Waals surface area (Å²) in [5, 5.41) is 10.4. The molecule has 3 rings (SSSR count). The third-order valence-electron chi connectivity index (χ3n) is 2.82. The van der Waals surface area contributed by atoms with Crippen LogP contribution in [0.4, 0.5) is 0 Å². The van der Waals surface area contributed by atoms with E-state index in [9.17, 15) is 9.90 Å². The Morgan fingerprint density at radius 3 is 2.63 bits per heavy atom. The van der Waals surface area contributed by atoms with Crippen LogP contribution < -0.4 is 5.56 Å². The molecular formula is C14H9BrN2O2. The molecule has 0 saturated carbocycles. The molecule has 4 nitrogen and oxygen atoms in total. The van der Waals surface area contributed by atoms with Crippen molar-refractivity contribution in [1.29, 1.82) is 0 Å². The lowest BCUT2D eigenvalue weighted by atomic mass is 10.2. The van der Waals surface area contributed by atoms with Crippen LogP contribution in [0.25, 0.3) is 16.7 Å². The summed E-state index contributed by atoms with van der Waals surface area (Å²) < 4.78 is 2.22. The van der Waals surface area contributed by atoms with Crippen LogP contribution in [0.3, 0.4) is 0 Å². The second-order valence-corrected chi connectivity index (χ2v) is 4.98. The molecule has 3 aromatic rings. The molecule has 0 bridgehead atoms. The minimum Gasteiger partial charge on any atom is -0.507 e. The molecule has 0 saturated heterocycles. The van der Waals surface area contributed by atoms with E-state index in [0.29, 0.717) is 16.7 Å². The lowest BCUT2D eigenvalue weighted by molar-refractivity contribution is 0.480.